The van der Waals surface area contributed by atoms with Crippen molar-refractivity contribution in [2.24, 2.45) is 0 Å². The van der Waals surface area contributed by atoms with Crippen LogP contribution < -0.4 is 0 Å². The van der Waals surface area contributed by atoms with Gasteiger partial charge in [-0.05, 0) is 49.2 Å². The minimum Gasteiger partial charge on any atom is -0.413 e. The third kappa shape index (κ3) is 5.48. The molecule has 0 spiro atoms. The lowest BCUT2D eigenvalue weighted by Gasteiger charge is -2.37. The molecular weight excluding hydrogens is 396 g/mol. The van der Waals surface area contributed by atoms with Crippen LogP contribution in [0.2, 0.25) is 18.1 Å². The highest BCUT2D eigenvalue weighted by Gasteiger charge is 2.49. The van der Waals surface area contributed by atoms with Gasteiger partial charge >= 0.3 is 0 Å². The van der Waals surface area contributed by atoms with Crippen molar-refractivity contribution < 1.29 is 23.4 Å². The molecule has 1 aliphatic heterocycles. The number of carbonyl (C=O) groups excluding carboxylic acids is 1. The Labute approximate surface area is 181 Å². The predicted molar refractivity (Wildman–Crippen MR) is 120 cm³/mol. The zero-order valence-electron chi connectivity index (χ0n) is 19.4. The molecule has 2 aliphatic rings. The van der Waals surface area contributed by atoms with E-state index in [4.69, 9.17) is 18.6 Å². The molecule has 1 fully saturated rings. The van der Waals surface area contributed by atoms with E-state index in [2.05, 4.69) is 33.9 Å². The van der Waals surface area contributed by atoms with Gasteiger partial charge in [-0.1, -0.05) is 51.1 Å². The SMILES string of the molecule is CC1(C)O[C@@H]2[C@H](OCc3ccccc3)C(CO[Si](C)(C)C(C)(C)C)=CC(=O)C[C@H]2O1. The molecule has 0 N–H and O–H groups in total. The third-order valence-corrected chi connectivity index (χ3v) is 10.8. The van der Waals surface area contributed by atoms with Gasteiger partial charge in [0.2, 0.25) is 0 Å². The summed E-state index contributed by atoms with van der Waals surface area (Å²) < 4.78 is 25.1. The van der Waals surface area contributed by atoms with Gasteiger partial charge in [0.05, 0.1) is 19.3 Å². The van der Waals surface area contributed by atoms with E-state index in [0.717, 1.165) is 11.1 Å². The molecule has 0 radical (unpaired) electrons. The Bertz CT molecular complexity index is 779. The van der Waals surface area contributed by atoms with Gasteiger partial charge in [-0.3, -0.25) is 4.79 Å². The molecule has 3 rings (SSSR count). The maximum atomic E-state index is 12.7. The number of rotatable bonds is 6. The van der Waals surface area contributed by atoms with Crippen molar-refractivity contribution >= 4 is 14.1 Å². The number of benzene rings is 1. The average molecular weight is 433 g/mol. The highest BCUT2D eigenvalue weighted by atomic mass is 28.4. The molecular formula is C24H36O5Si. The Morgan fingerprint density at radius 1 is 1.10 bits per heavy atom. The number of carbonyl (C=O) groups is 1. The number of hydrogen-bond acceptors (Lipinski definition) is 5. The van der Waals surface area contributed by atoms with Crippen molar-refractivity contribution in [1.82, 2.24) is 0 Å². The first kappa shape index (κ1) is 23.4. The maximum Gasteiger partial charge on any atom is 0.192 e. The molecule has 1 aromatic rings. The van der Waals surface area contributed by atoms with Gasteiger partial charge in [0.25, 0.3) is 0 Å². The van der Waals surface area contributed by atoms with E-state index >= 15 is 0 Å². The van der Waals surface area contributed by atoms with Crippen LogP contribution in [0, 0.1) is 0 Å². The van der Waals surface area contributed by atoms with Gasteiger partial charge in [0.15, 0.2) is 19.9 Å². The van der Waals surface area contributed by atoms with E-state index in [1.165, 1.54) is 0 Å². The van der Waals surface area contributed by atoms with Crippen LogP contribution in [0.25, 0.3) is 0 Å². The highest BCUT2D eigenvalue weighted by molar-refractivity contribution is 6.74. The Morgan fingerprint density at radius 3 is 2.40 bits per heavy atom. The summed E-state index contributed by atoms with van der Waals surface area (Å²) in [4.78, 5) is 12.7. The molecule has 3 atom stereocenters. The summed E-state index contributed by atoms with van der Waals surface area (Å²) in [6.45, 7) is 15.6. The minimum atomic E-state index is -1.99. The lowest BCUT2D eigenvalue weighted by atomic mass is 10.0. The van der Waals surface area contributed by atoms with E-state index in [9.17, 15) is 4.79 Å². The van der Waals surface area contributed by atoms with Crippen LogP contribution in [0.15, 0.2) is 42.0 Å². The van der Waals surface area contributed by atoms with Gasteiger partial charge in [0.1, 0.15) is 12.2 Å². The number of ether oxygens (including phenoxy) is 3. The molecule has 5 nitrogen and oxygen atoms in total. The van der Waals surface area contributed by atoms with E-state index in [1.807, 2.05) is 44.2 Å². The average Bonchev–Trinajstić information content (AvgIpc) is 2.87. The number of allylic oxidation sites excluding steroid dienone is 1. The van der Waals surface area contributed by atoms with Crippen LogP contribution in [-0.4, -0.2) is 44.8 Å². The molecule has 0 amide bonds. The fraction of sp³-hybridized carbons (Fsp3) is 0.625. The van der Waals surface area contributed by atoms with E-state index in [0.29, 0.717) is 19.6 Å². The largest absolute Gasteiger partial charge is 0.413 e. The number of hydrogen-bond donors (Lipinski definition) is 0. The van der Waals surface area contributed by atoms with Crippen LogP contribution in [0.4, 0.5) is 0 Å². The van der Waals surface area contributed by atoms with Crippen LogP contribution in [0.5, 0.6) is 0 Å². The van der Waals surface area contributed by atoms with Crippen molar-refractivity contribution in [1.29, 1.82) is 0 Å². The lowest BCUT2D eigenvalue weighted by molar-refractivity contribution is -0.158. The van der Waals surface area contributed by atoms with Crippen molar-refractivity contribution in [3.05, 3.63) is 47.5 Å². The number of fused-ring (bicyclic) bond motifs is 1. The van der Waals surface area contributed by atoms with Gasteiger partial charge in [-0.2, -0.15) is 0 Å². The topological polar surface area (TPSA) is 54.0 Å². The molecule has 30 heavy (non-hydrogen) atoms. The predicted octanol–water partition coefficient (Wildman–Crippen LogP) is 5.01. The molecule has 166 valence electrons. The first-order chi connectivity index (χ1) is 13.9. The van der Waals surface area contributed by atoms with Crippen molar-refractivity contribution in [3.63, 3.8) is 0 Å². The second-order valence-electron chi connectivity index (χ2n) is 10.3. The fourth-order valence-electron chi connectivity index (χ4n) is 3.60. The normalized spacial score (nSPS) is 26.8. The first-order valence-electron chi connectivity index (χ1n) is 10.8. The van der Waals surface area contributed by atoms with Crippen molar-refractivity contribution in [2.45, 2.75) is 89.9 Å². The Morgan fingerprint density at radius 2 is 1.77 bits per heavy atom. The molecule has 1 saturated heterocycles. The van der Waals surface area contributed by atoms with E-state index in [1.54, 1.807) is 6.08 Å². The van der Waals surface area contributed by atoms with Crippen LogP contribution in [0.1, 0.15) is 46.6 Å². The van der Waals surface area contributed by atoms with Gasteiger partial charge in [-0.25, -0.2) is 0 Å². The fourth-order valence-corrected chi connectivity index (χ4v) is 4.56. The molecule has 1 aromatic carbocycles. The highest BCUT2D eigenvalue weighted by Crippen LogP contribution is 2.39. The van der Waals surface area contributed by atoms with Gasteiger partial charge in [0, 0.05) is 6.42 Å². The van der Waals surface area contributed by atoms with Crippen LogP contribution >= 0.6 is 0 Å². The van der Waals surface area contributed by atoms with Crippen LogP contribution in [-0.2, 0) is 30.0 Å². The lowest BCUT2D eigenvalue weighted by Crippen LogP contribution is -2.43. The molecule has 1 aliphatic carbocycles. The van der Waals surface area contributed by atoms with Crippen molar-refractivity contribution in [2.75, 3.05) is 6.61 Å². The molecule has 0 unspecified atom stereocenters. The smallest absolute Gasteiger partial charge is 0.192 e. The Balaban J connectivity index is 1.85. The number of ketones is 1. The summed E-state index contributed by atoms with van der Waals surface area (Å²) >= 11 is 0. The minimum absolute atomic E-state index is 0.0333. The third-order valence-electron chi connectivity index (χ3n) is 6.31. The van der Waals surface area contributed by atoms with Gasteiger partial charge < -0.3 is 18.6 Å². The van der Waals surface area contributed by atoms with E-state index < -0.39 is 20.2 Å². The summed E-state index contributed by atoms with van der Waals surface area (Å²) in [7, 11) is -1.99. The molecule has 0 aromatic heterocycles. The summed E-state index contributed by atoms with van der Waals surface area (Å²) in [5.74, 6) is -0.710. The van der Waals surface area contributed by atoms with E-state index in [-0.39, 0.29) is 23.0 Å². The summed E-state index contributed by atoms with van der Waals surface area (Å²) in [6.07, 6.45) is 0.927. The second kappa shape index (κ2) is 8.67. The molecule has 0 bridgehead atoms. The summed E-state index contributed by atoms with van der Waals surface area (Å²) in [5.41, 5.74) is 1.92. The first-order valence-corrected chi connectivity index (χ1v) is 13.7. The van der Waals surface area contributed by atoms with Gasteiger partial charge in [-0.15, -0.1) is 0 Å². The Kier molecular flexibility index (Phi) is 6.75. The quantitative estimate of drug-likeness (QED) is 0.591. The second-order valence-corrected chi connectivity index (χ2v) is 15.1. The maximum absolute atomic E-state index is 12.7. The Hall–Kier alpha value is -1.31. The zero-order chi connectivity index (χ0) is 22.2. The zero-order valence-corrected chi connectivity index (χ0v) is 20.4. The summed E-state index contributed by atoms with van der Waals surface area (Å²) in [6, 6.07) is 10.0. The van der Waals surface area contributed by atoms with Crippen molar-refractivity contribution in [3.8, 4) is 0 Å². The molecule has 6 heteroatoms. The molecule has 0 saturated carbocycles. The summed E-state index contributed by atoms with van der Waals surface area (Å²) in [5, 5.41) is 0.0835. The monoisotopic (exact) mass is 432 g/mol. The standard InChI is InChI=1S/C24H36O5Si/c1-23(2,3)30(6,7)27-16-18-13-19(25)14-20-22(29-24(4,5)28-20)21(18)26-15-17-11-9-8-10-12-17/h8-13,20-22H,14-16H2,1-7H3/t20-,21-,22+/m1/s1. The molecule has 1 heterocycles. The van der Waals surface area contributed by atoms with Crippen LogP contribution in [0.3, 0.4) is 0 Å².